The summed E-state index contributed by atoms with van der Waals surface area (Å²) in [6.45, 7) is 6.37. The quantitative estimate of drug-likeness (QED) is 0.817. The molecule has 0 aliphatic carbocycles. The van der Waals surface area contributed by atoms with Crippen LogP contribution < -0.4 is 5.32 Å². The fourth-order valence-corrected chi connectivity index (χ4v) is 1.63. The number of hydrogen-bond acceptors (Lipinski definition) is 1. The van der Waals surface area contributed by atoms with Crippen LogP contribution in [0, 0.1) is 5.41 Å². The van der Waals surface area contributed by atoms with E-state index in [4.69, 9.17) is 0 Å². The number of anilines is 1. The number of hydrogen-bond donors (Lipinski definition) is 1. The molecular formula is C12H15BrF3N. The van der Waals surface area contributed by atoms with Gasteiger partial charge in [0.25, 0.3) is 0 Å². The monoisotopic (exact) mass is 309 g/mol. The van der Waals surface area contributed by atoms with Crippen molar-refractivity contribution in [2.24, 2.45) is 5.41 Å². The molecule has 5 heteroatoms. The highest BCUT2D eigenvalue weighted by atomic mass is 79.9. The van der Waals surface area contributed by atoms with Gasteiger partial charge in [-0.25, -0.2) is 0 Å². The predicted molar refractivity (Wildman–Crippen MR) is 67.1 cm³/mol. The van der Waals surface area contributed by atoms with E-state index in [9.17, 15) is 13.2 Å². The molecule has 96 valence electrons. The van der Waals surface area contributed by atoms with Gasteiger partial charge in [0.1, 0.15) is 0 Å². The summed E-state index contributed by atoms with van der Waals surface area (Å²) in [7, 11) is 0. The Morgan fingerprint density at radius 3 is 2.24 bits per heavy atom. The Balaban J connectivity index is 3.00. The van der Waals surface area contributed by atoms with Crippen molar-refractivity contribution < 1.29 is 13.2 Å². The van der Waals surface area contributed by atoms with Gasteiger partial charge in [0.15, 0.2) is 0 Å². The minimum Gasteiger partial charge on any atom is -0.384 e. The van der Waals surface area contributed by atoms with Crippen LogP contribution in [-0.4, -0.2) is 6.54 Å². The van der Waals surface area contributed by atoms with E-state index in [1.807, 2.05) is 20.8 Å². The first kappa shape index (κ1) is 14.4. The average molecular weight is 310 g/mol. The summed E-state index contributed by atoms with van der Waals surface area (Å²) in [5, 5.41) is 2.85. The second-order valence-corrected chi connectivity index (χ2v) is 6.02. The first-order chi connectivity index (χ1) is 7.59. The first-order valence-electron chi connectivity index (χ1n) is 5.20. The Morgan fingerprint density at radius 1 is 1.18 bits per heavy atom. The zero-order chi connectivity index (χ0) is 13.3. The number of benzene rings is 1. The van der Waals surface area contributed by atoms with E-state index in [1.165, 1.54) is 12.1 Å². The lowest BCUT2D eigenvalue weighted by molar-refractivity contribution is -0.137. The third-order valence-electron chi connectivity index (χ3n) is 2.10. The summed E-state index contributed by atoms with van der Waals surface area (Å²) < 4.78 is 38.9. The Labute approximate surface area is 108 Å². The number of halogens is 4. The Bertz CT molecular complexity index is 394. The van der Waals surface area contributed by atoms with Crippen LogP contribution >= 0.6 is 15.9 Å². The molecule has 1 aromatic rings. The largest absolute Gasteiger partial charge is 0.418 e. The molecule has 0 saturated carbocycles. The van der Waals surface area contributed by atoms with E-state index in [0.29, 0.717) is 11.0 Å². The van der Waals surface area contributed by atoms with Crippen molar-refractivity contribution in [1.29, 1.82) is 0 Å². The van der Waals surface area contributed by atoms with E-state index in [-0.39, 0.29) is 11.1 Å². The van der Waals surface area contributed by atoms with E-state index in [0.717, 1.165) is 6.07 Å². The Morgan fingerprint density at radius 2 is 1.76 bits per heavy atom. The standard InChI is InChI=1S/C12H15BrF3N/c1-11(2,3)7-17-10-6-8(13)4-5-9(10)12(14,15)16/h4-6,17H,7H2,1-3H3. The van der Waals surface area contributed by atoms with Gasteiger partial charge in [0, 0.05) is 16.7 Å². The number of alkyl halides is 3. The maximum atomic E-state index is 12.7. The maximum absolute atomic E-state index is 12.7. The van der Waals surface area contributed by atoms with Crippen molar-refractivity contribution in [2.75, 3.05) is 11.9 Å². The van der Waals surface area contributed by atoms with Crippen LogP contribution in [0.15, 0.2) is 22.7 Å². The van der Waals surface area contributed by atoms with Gasteiger partial charge in [-0.2, -0.15) is 13.2 Å². The van der Waals surface area contributed by atoms with Crippen molar-refractivity contribution >= 4 is 21.6 Å². The molecule has 0 spiro atoms. The van der Waals surface area contributed by atoms with E-state index < -0.39 is 11.7 Å². The molecule has 0 aliphatic heterocycles. The van der Waals surface area contributed by atoms with Crippen LogP contribution in [0.2, 0.25) is 0 Å². The van der Waals surface area contributed by atoms with Crippen LogP contribution in [0.3, 0.4) is 0 Å². The third-order valence-corrected chi connectivity index (χ3v) is 2.59. The fraction of sp³-hybridized carbons (Fsp3) is 0.500. The van der Waals surface area contributed by atoms with Crippen molar-refractivity contribution in [3.05, 3.63) is 28.2 Å². The lowest BCUT2D eigenvalue weighted by Crippen LogP contribution is -2.21. The molecule has 0 bridgehead atoms. The molecule has 0 atom stereocenters. The van der Waals surface area contributed by atoms with Gasteiger partial charge in [-0.05, 0) is 23.6 Å². The number of rotatable bonds is 2. The summed E-state index contributed by atoms with van der Waals surface area (Å²) in [6.07, 6.45) is -4.33. The van der Waals surface area contributed by atoms with E-state index in [1.54, 1.807) is 0 Å². The lowest BCUT2D eigenvalue weighted by atomic mass is 9.96. The van der Waals surface area contributed by atoms with Gasteiger partial charge in [0.2, 0.25) is 0 Å². The van der Waals surface area contributed by atoms with Crippen molar-refractivity contribution in [3.8, 4) is 0 Å². The highest BCUT2D eigenvalue weighted by molar-refractivity contribution is 9.10. The van der Waals surface area contributed by atoms with Gasteiger partial charge in [-0.1, -0.05) is 36.7 Å². The minimum absolute atomic E-state index is 0.0782. The van der Waals surface area contributed by atoms with Crippen molar-refractivity contribution in [3.63, 3.8) is 0 Å². The molecule has 0 aromatic heterocycles. The van der Waals surface area contributed by atoms with Crippen LogP contribution in [0.1, 0.15) is 26.3 Å². The second-order valence-electron chi connectivity index (χ2n) is 5.10. The molecular weight excluding hydrogens is 295 g/mol. The number of nitrogens with one attached hydrogen (secondary N) is 1. The van der Waals surface area contributed by atoms with Gasteiger partial charge in [-0.15, -0.1) is 0 Å². The molecule has 1 N–H and O–H groups in total. The second kappa shape index (κ2) is 4.88. The summed E-state index contributed by atoms with van der Waals surface area (Å²) >= 11 is 3.18. The molecule has 0 saturated heterocycles. The van der Waals surface area contributed by atoms with E-state index in [2.05, 4.69) is 21.2 Å². The zero-order valence-corrected chi connectivity index (χ0v) is 11.5. The SMILES string of the molecule is CC(C)(C)CNc1cc(Br)ccc1C(F)(F)F. The molecule has 0 unspecified atom stereocenters. The average Bonchev–Trinajstić information content (AvgIpc) is 2.11. The molecule has 0 radical (unpaired) electrons. The van der Waals surface area contributed by atoms with Crippen molar-refractivity contribution in [2.45, 2.75) is 26.9 Å². The third kappa shape index (κ3) is 4.58. The molecule has 0 fully saturated rings. The predicted octanol–water partition coefficient (Wildman–Crippen LogP) is 4.93. The fourth-order valence-electron chi connectivity index (χ4n) is 1.27. The highest BCUT2D eigenvalue weighted by Crippen LogP contribution is 2.36. The van der Waals surface area contributed by atoms with Gasteiger partial charge in [-0.3, -0.25) is 0 Å². The van der Waals surface area contributed by atoms with Crippen LogP contribution in [-0.2, 0) is 6.18 Å². The Hall–Kier alpha value is -0.710. The molecule has 0 heterocycles. The van der Waals surface area contributed by atoms with Crippen molar-refractivity contribution in [1.82, 2.24) is 0 Å². The van der Waals surface area contributed by atoms with Gasteiger partial charge >= 0.3 is 6.18 Å². The van der Waals surface area contributed by atoms with Gasteiger partial charge < -0.3 is 5.32 Å². The Kier molecular flexibility index (Phi) is 4.12. The molecule has 1 rings (SSSR count). The van der Waals surface area contributed by atoms with E-state index >= 15 is 0 Å². The molecule has 0 aliphatic rings. The van der Waals surface area contributed by atoms with Crippen LogP contribution in [0.25, 0.3) is 0 Å². The molecule has 0 amide bonds. The van der Waals surface area contributed by atoms with Crippen LogP contribution in [0.4, 0.5) is 18.9 Å². The maximum Gasteiger partial charge on any atom is 0.418 e. The lowest BCUT2D eigenvalue weighted by Gasteiger charge is -2.22. The summed E-state index contributed by atoms with van der Waals surface area (Å²) in [5.74, 6) is 0. The molecule has 17 heavy (non-hydrogen) atoms. The summed E-state index contributed by atoms with van der Waals surface area (Å²) in [5.41, 5.74) is -0.600. The summed E-state index contributed by atoms with van der Waals surface area (Å²) in [4.78, 5) is 0. The van der Waals surface area contributed by atoms with Gasteiger partial charge in [0.05, 0.1) is 5.56 Å². The molecule has 1 aromatic carbocycles. The normalized spacial score (nSPS) is 12.6. The molecule has 1 nitrogen and oxygen atoms in total. The first-order valence-corrected chi connectivity index (χ1v) is 5.99. The minimum atomic E-state index is -4.33. The smallest absolute Gasteiger partial charge is 0.384 e. The highest BCUT2D eigenvalue weighted by Gasteiger charge is 2.33. The zero-order valence-electron chi connectivity index (χ0n) is 9.95. The van der Waals surface area contributed by atoms with Crippen LogP contribution in [0.5, 0.6) is 0 Å². The summed E-state index contributed by atoms with van der Waals surface area (Å²) in [6, 6.07) is 3.93. The topological polar surface area (TPSA) is 12.0 Å².